The first-order valence-corrected chi connectivity index (χ1v) is 7.72. The Morgan fingerprint density at radius 3 is 2.84 bits per heavy atom. The predicted molar refractivity (Wildman–Crippen MR) is 81.3 cm³/mol. The Labute approximate surface area is 123 Å². The molecule has 0 spiro atoms. The van der Waals surface area contributed by atoms with E-state index in [1.165, 1.54) is 9.75 Å². The van der Waals surface area contributed by atoms with Crippen molar-refractivity contribution in [3.05, 3.63) is 32.3 Å². The molecule has 4 nitrogen and oxygen atoms in total. The molecule has 19 heavy (non-hydrogen) atoms. The summed E-state index contributed by atoms with van der Waals surface area (Å²) in [6.45, 7) is 4.75. The van der Waals surface area contributed by atoms with Gasteiger partial charge in [0.25, 0.3) is 0 Å². The number of rotatable bonds is 3. The Balaban J connectivity index is 1.91. The highest BCUT2D eigenvalue weighted by molar-refractivity contribution is 7.18. The molecule has 0 amide bonds. The zero-order chi connectivity index (χ0) is 13.4. The third-order valence-electron chi connectivity index (χ3n) is 2.59. The molecule has 0 aliphatic heterocycles. The summed E-state index contributed by atoms with van der Waals surface area (Å²) in [7, 11) is 0. The number of thiazole rings is 1. The molecule has 3 aromatic heterocycles. The molecule has 3 heterocycles. The van der Waals surface area contributed by atoms with E-state index >= 15 is 0 Å². The maximum atomic E-state index is 5.95. The summed E-state index contributed by atoms with van der Waals surface area (Å²) in [6, 6.07) is 2.08. The molecule has 0 atom stereocenters. The van der Waals surface area contributed by atoms with E-state index in [2.05, 4.69) is 33.3 Å². The van der Waals surface area contributed by atoms with Crippen molar-refractivity contribution in [1.29, 1.82) is 0 Å². The lowest BCUT2D eigenvalue weighted by Crippen LogP contribution is -2.01. The summed E-state index contributed by atoms with van der Waals surface area (Å²) in [5.41, 5.74) is 0. The summed E-state index contributed by atoms with van der Waals surface area (Å²) in [4.78, 5) is 16.0. The Hall–Kier alpha value is -1.24. The topological polar surface area (TPSA) is 50.7 Å². The quantitative estimate of drug-likeness (QED) is 0.742. The van der Waals surface area contributed by atoms with Gasteiger partial charge in [-0.2, -0.15) is 0 Å². The predicted octanol–water partition coefficient (Wildman–Crippen LogP) is 4.03. The number of hydrogen-bond acceptors (Lipinski definition) is 6. The Kier molecular flexibility index (Phi) is 3.38. The minimum Gasteiger partial charge on any atom is -0.364 e. The number of nitrogens with zero attached hydrogens (tertiary/aromatic N) is 3. The van der Waals surface area contributed by atoms with E-state index in [4.69, 9.17) is 11.6 Å². The number of halogens is 1. The third kappa shape index (κ3) is 2.70. The van der Waals surface area contributed by atoms with Crippen LogP contribution in [0.4, 0.5) is 5.82 Å². The fourth-order valence-corrected chi connectivity index (χ4v) is 3.64. The first-order valence-electron chi connectivity index (χ1n) is 5.70. The van der Waals surface area contributed by atoms with E-state index in [0.717, 1.165) is 21.0 Å². The zero-order valence-electron chi connectivity index (χ0n) is 10.4. The van der Waals surface area contributed by atoms with Crippen LogP contribution in [0.15, 0.2) is 12.3 Å². The van der Waals surface area contributed by atoms with Crippen molar-refractivity contribution < 1.29 is 0 Å². The highest BCUT2D eigenvalue weighted by Crippen LogP contribution is 2.29. The standard InChI is InChI=1S/C12H11ClN4S2/c1-6-3-9-10(16-12(13)17-11(9)18-6)15-5-8-4-14-7(2)19-8/h3-4H,5H2,1-2H3,(H,15,16,17). The number of aryl methyl sites for hydroxylation is 2. The van der Waals surface area contributed by atoms with E-state index in [1.807, 2.05) is 13.1 Å². The highest BCUT2D eigenvalue weighted by Gasteiger charge is 2.09. The van der Waals surface area contributed by atoms with Crippen LogP contribution < -0.4 is 5.32 Å². The smallest absolute Gasteiger partial charge is 0.225 e. The maximum absolute atomic E-state index is 5.95. The van der Waals surface area contributed by atoms with Crippen LogP contribution in [-0.4, -0.2) is 15.0 Å². The Bertz CT molecular complexity index is 734. The molecule has 98 valence electrons. The molecule has 7 heteroatoms. The number of thiophene rings is 1. The van der Waals surface area contributed by atoms with Crippen molar-refractivity contribution in [3.63, 3.8) is 0 Å². The van der Waals surface area contributed by atoms with Crippen LogP contribution >= 0.6 is 34.3 Å². The van der Waals surface area contributed by atoms with E-state index in [9.17, 15) is 0 Å². The Morgan fingerprint density at radius 1 is 1.26 bits per heavy atom. The molecule has 0 fully saturated rings. The van der Waals surface area contributed by atoms with Gasteiger partial charge in [-0.1, -0.05) is 0 Å². The second kappa shape index (κ2) is 5.03. The molecular formula is C12H11ClN4S2. The van der Waals surface area contributed by atoms with Crippen molar-refractivity contribution in [2.75, 3.05) is 5.32 Å². The molecule has 0 unspecified atom stereocenters. The maximum Gasteiger partial charge on any atom is 0.225 e. The van der Waals surface area contributed by atoms with Crippen LogP contribution in [0.1, 0.15) is 14.8 Å². The van der Waals surface area contributed by atoms with Crippen molar-refractivity contribution in [2.24, 2.45) is 0 Å². The monoisotopic (exact) mass is 310 g/mol. The Morgan fingerprint density at radius 2 is 2.11 bits per heavy atom. The third-order valence-corrected chi connectivity index (χ3v) is 4.61. The fraction of sp³-hybridized carbons (Fsp3) is 0.250. The number of hydrogen-bond donors (Lipinski definition) is 1. The molecule has 0 aliphatic rings. The molecule has 0 radical (unpaired) electrons. The van der Waals surface area contributed by atoms with Gasteiger partial charge < -0.3 is 5.32 Å². The molecular weight excluding hydrogens is 300 g/mol. The molecule has 3 aromatic rings. The minimum absolute atomic E-state index is 0.275. The fourth-order valence-electron chi connectivity index (χ4n) is 1.81. The number of nitrogens with one attached hydrogen (secondary N) is 1. The average molecular weight is 311 g/mol. The molecule has 0 saturated heterocycles. The van der Waals surface area contributed by atoms with Crippen LogP contribution in [0, 0.1) is 13.8 Å². The van der Waals surface area contributed by atoms with Gasteiger partial charge in [-0.25, -0.2) is 15.0 Å². The summed E-state index contributed by atoms with van der Waals surface area (Å²) >= 11 is 9.25. The van der Waals surface area contributed by atoms with Gasteiger partial charge in [0.1, 0.15) is 10.6 Å². The van der Waals surface area contributed by atoms with Gasteiger partial charge in [0.15, 0.2) is 0 Å². The van der Waals surface area contributed by atoms with Crippen molar-refractivity contribution in [3.8, 4) is 0 Å². The largest absolute Gasteiger partial charge is 0.364 e. The van der Waals surface area contributed by atoms with Crippen LogP contribution in [0.5, 0.6) is 0 Å². The van der Waals surface area contributed by atoms with E-state index in [0.29, 0.717) is 6.54 Å². The van der Waals surface area contributed by atoms with Crippen molar-refractivity contribution >= 4 is 50.3 Å². The number of fused-ring (bicyclic) bond motifs is 1. The average Bonchev–Trinajstić information content (AvgIpc) is 2.91. The second-order valence-corrected chi connectivity index (χ2v) is 7.01. The highest BCUT2D eigenvalue weighted by atomic mass is 35.5. The van der Waals surface area contributed by atoms with Crippen LogP contribution in [0.25, 0.3) is 10.2 Å². The van der Waals surface area contributed by atoms with Crippen LogP contribution in [-0.2, 0) is 6.54 Å². The lowest BCUT2D eigenvalue weighted by atomic mass is 10.3. The van der Waals surface area contributed by atoms with Crippen molar-refractivity contribution in [1.82, 2.24) is 15.0 Å². The lowest BCUT2D eigenvalue weighted by Gasteiger charge is -2.05. The normalized spacial score (nSPS) is 11.1. The molecule has 1 N–H and O–H groups in total. The van der Waals surface area contributed by atoms with Crippen molar-refractivity contribution in [2.45, 2.75) is 20.4 Å². The van der Waals surface area contributed by atoms with Gasteiger partial charge in [0, 0.05) is 16.0 Å². The van der Waals surface area contributed by atoms with E-state index < -0.39 is 0 Å². The molecule has 0 aromatic carbocycles. The summed E-state index contributed by atoms with van der Waals surface area (Å²) < 4.78 is 0. The van der Waals surface area contributed by atoms with Gasteiger partial charge in [0.05, 0.1) is 16.9 Å². The lowest BCUT2D eigenvalue weighted by molar-refractivity contribution is 1.12. The van der Waals surface area contributed by atoms with E-state index in [-0.39, 0.29) is 5.28 Å². The molecule has 0 saturated carbocycles. The summed E-state index contributed by atoms with van der Waals surface area (Å²) in [5, 5.41) is 5.67. The second-order valence-electron chi connectivity index (χ2n) is 4.12. The molecule has 3 rings (SSSR count). The van der Waals surface area contributed by atoms with Gasteiger partial charge in [-0.05, 0) is 31.5 Å². The minimum atomic E-state index is 0.275. The van der Waals surface area contributed by atoms with E-state index in [1.54, 1.807) is 22.7 Å². The van der Waals surface area contributed by atoms with Gasteiger partial charge in [-0.15, -0.1) is 22.7 Å². The zero-order valence-corrected chi connectivity index (χ0v) is 12.8. The first-order chi connectivity index (χ1) is 9.11. The summed E-state index contributed by atoms with van der Waals surface area (Å²) in [5.74, 6) is 0.783. The number of aromatic nitrogens is 3. The first kappa shape index (κ1) is 12.8. The van der Waals surface area contributed by atoms with Crippen LogP contribution in [0.2, 0.25) is 5.28 Å². The van der Waals surface area contributed by atoms with Gasteiger partial charge >= 0.3 is 0 Å². The summed E-state index contributed by atoms with van der Waals surface area (Å²) in [6.07, 6.45) is 1.88. The number of anilines is 1. The van der Waals surface area contributed by atoms with Gasteiger partial charge in [0.2, 0.25) is 5.28 Å². The van der Waals surface area contributed by atoms with Crippen LogP contribution in [0.3, 0.4) is 0 Å². The SMILES string of the molecule is Cc1cc2c(NCc3cnc(C)s3)nc(Cl)nc2s1. The van der Waals surface area contributed by atoms with Gasteiger partial charge in [-0.3, -0.25) is 0 Å². The molecule has 0 bridgehead atoms. The molecule has 0 aliphatic carbocycles.